The Morgan fingerprint density at radius 3 is 2.27 bits per heavy atom. The molecule has 7 nitrogen and oxygen atoms in total. The Kier molecular flexibility index (Phi) is 5.82. The fourth-order valence-electron chi connectivity index (χ4n) is 3.52. The minimum Gasteiger partial charge on any atom is -0.357 e. The molecule has 2 atom stereocenters. The van der Waals surface area contributed by atoms with Crippen LogP contribution in [0.4, 0.5) is 0 Å². The maximum atomic E-state index is 12.3. The fraction of sp³-hybridized carbons (Fsp3) is 0.444. The van der Waals surface area contributed by atoms with E-state index in [1.54, 1.807) is 0 Å². The first kappa shape index (κ1) is 18.3. The smallest absolute Gasteiger partial charge is 0.258 e. The molecule has 26 heavy (non-hydrogen) atoms. The summed E-state index contributed by atoms with van der Waals surface area (Å²) in [5.41, 5.74) is 6.07. The first-order valence-corrected chi connectivity index (χ1v) is 9.19. The number of nitrogens with zero attached hydrogens (tertiary/aromatic N) is 1. The summed E-state index contributed by atoms with van der Waals surface area (Å²) in [5.74, 6) is -1.41. The second-order valence-corrected chi connectivity index (χ2v) is 7.01. The van der Waals surface area contributed by atoms with Gasteiger partial charge >= 0.3 is 0 Å². The molecule has 3 amide bonds. The molecule has 138 valence electrons. The molecule has 0 spiro atoms. The molecule has 2 fully saturated rings. The standard InChI is InChI=1S/C18H22N4O3S/c23-15(20-21-18(26)19-10-12-6-2-1-3-7-12)11-22-16(24)13-8-4-5-9-14(13)17(22)25/h1-3,6-7,13-14H,4-5,8-11H2,(H,20,23)(H2,19,21,26)/t13-,14-/m0/s1. The third kappa shape index (κ3) is 4.19. The van der Waals surface area contributed by atoms with Crippen molar-refractivity contribution in [3.05, 3.63) is 35.9 Å². The molecule has 3 rings (SSSR count). The molecular formula is C18H22N4O3S. The van der Waals surface area contributed by atoms with Crippen LogP contribution in [0.25, 0.3) is 0 Å². The van der Waals surface area contributed by atoms with E-state index in [1.807, 2.05) is 30.3 Å². The minimum atomic E-state index is -0.478. The largest absolute Gasteiger partial charge is 0.357 e. The molecular weight excluding hydrogens is 352 g/mol. The number of rotatable bonds is 4. The monoisotopic (exact) mass is 374 g/mol. The van der Waals surface area contributed by atoms with Gasteiger partial charge in [-0.05, 0) is 30.6 Å². The summed E-state index contributed by atoms with van der Waals surface area (Å²) in [6.07, 6.45) is 3.39. The summed E-state index contributed by atoms with van der Waals surface area (Å²) in [6.45, 7) is 0.244. The number of likely N-dealkylation sites (tertiary alicyclic amines) is 1. The van der Waals surface area contributed by atoms with E-state index in [4.69, 9.17) is 12.2 Å². The zero-order chi connectivity index (χ0) is 18.5. The summed E-state index contributed by atoms with van der Waals surface area (Å²) >= 11 is 5.10. The SMILES string of the molecule is O=C(CN1C(=O)[C@H]2CCCC[C@@H]2C1=O)NNC(=S)NCc1ccccc1. The van der Waals surface area contributed by atoms with E-state index in [2.05, 4.69) is 16.2 Å². The number of imide groups is 1. The maximum absolute atomic E-state index is 12.3. The van der Waals surface area contributed by atoms with Gasteiger partial charge in [-0.3, -0.25) is 30.1 Å². The summed E-state index contributed by atoms with van der Waals surface area (Å²) in [4.78, 5) is 37.8. The van der Waals surface area contributed by atoms with Crippen molar-refractivity contribution < 1.29 is 14.4 Å². The average Bonchev–Trinajstić information content (AvgIpc) is 2.91. The Hall–Kier alpha value is -2.48. The summed E-state index contributed by atoms with van der Waals surface area (Å²) in [5, 5.41) is 3.22. The fourth-order valence-corrected chi connectivity index (χ4v) is 3.64. The number of amides is 3. The summed E-state index contributed by atoms with van der Waals surface area (Å²) < 4.78 is 0. The molecule has 1 aromatic carbocycles. The summed E-state index contributed by atoms with van der Waals surface area (Å²) in [7, 11) is 0. The Balaban J connectivity index is 1.43. The Morgan fingerprint density at radius 2 is 1.65 bits per heavy atom. The van der Waals surface area contributed by atoms with Crippen LogP contribution < -0.4 is 16.2 Å². The van der Waals surface area contributed by atoms with Gasteiger partial charge in [0.15, 0.2) is 5.11 Å². The van der Waals surface area contributed by atoms with E-state index in [9.17, 15) is 14.4 Å². The molecule has 0 bridgehead atoms. The second-order valence-electron chi connectivity index (χ2n) is 6.60. The van der Waals surface area contributed by atoms with Crippen LogP contribution in [0.1, 0.15) is 31.2 Å². The van der Waals surface area contributed by atoms with Crippen LogP contribution in [0.2, 0.25) is 0 Å². The van der Waals surface area contributed by atoms with Crippen LogP contribution in [-0.2, 0) is 20.9 Å². The van der Waals surface area contributed by atoms with E-state index in [-0.39, 0.29) is 35.3 Å². The lowest BCUT2D eigenvalue weighted by Gasteiger charge is -2.19. The highest BCUT2D eigenvalue weighted by Crippen LogP contribution is 2.37. The lowest BCUT2D eigenvalue weighted by molar-refractivity contribution is -0.143. The van der Waals surface area contributed by atoms with Gasteiger partial charge < -0.3 is 5.32 Å². The Bertz CT molecular complexity index is 686. The van der Waals surface area contributed by atoms with Crippen LogP contribution in [0.15, 0.2) is 30.3 Å². The number of hydrogen-bond acceptors (Lipinski definition) is 4. The van der Waals surface area contributed by atoms with Crippen LogP contribution in [0, 0.1) is 11.8 Å². The van der Waals surface area contributed by atoms with Crippen LogP contribution in [0.3, 0.4) is 0 Å². The summed E-state index contributed by atoms with van der Waals surface area (Å²) in [6, 6.07) is 9.70. The molecule has 2 aliphatic rings. The van der Waals surface area contributed by atoms with E-state index in [0.717, 1.165) is 36.1 Å². The van der Waals surface area contributed by atoms with Crippen molar-refractivity contribution in [2.45, 2.75) is 32.2 Å². The molecule has 1 aliphatic heterocycles. The van der Waals surface area contributed by atoms with Crippen LogP contribution in [0.5, 0.6) is 0 Å². The third-order valence-electron chi connectivity index (χ3n) is 4.85. The topological polar surface area (TPSA) is 90.5 Å². The van der Waals surface area contributed by atoms with Crippen molar-refractivity contribution in [3.63, 3.8) is 0 Å². The maximum Gasteiger partial charge on any atom is 0.258 e. The highest BCUT2D eigenvalue weighted by atomic mass is 32.1. The average molecular weight is 374 g/mol. The molecule has 3 N–H and O–H groups in total. The number of fused-ring (bicyclic) bond motifs is 1. The molecule has 1 heterocycles. The van der Waals surface area contributed by atoms with Crippen molar-refractivity contribution in [1.82, 2.24) is 21.1 Å². The van der Waals surface area contributed by atoms with Gasteiger partial charge in [0.1, 0.15) is 6.54 Å². The molecule has 1 aromatic rings. The number of carbonyl (C=O) groups excluding carboxylic acids is 3. The van der Waals surface area contributed by atoms with Crippen LogP contribution >= 0.6 is 12.2 Å². The first-order valence-electron chi connectivity index (χ1n) is 8.78. The molecule has 8 heteroatoms. The van der Waals surface area contributed by atoms with E-state index in [0.29, 0.717) is 6.54 Å². The first-order chi connectivity index (χ1) is 12.6. The van der Waals surface area contributed by atoms with Crippen molar-refractivity contribution in [1.29, 1.82) is 0 Å². The zero-order valence-corrected chi connectivity index (χ0v) is 15.2. The highest BCUT2D eigenvalue weighted by molar-refractivity contribution is 7.80. The van der Waals surface area contributed by atoms with Gasteiger partial charge in [-0.25, -0.2) is 0 Å². The van der Waals surface area contributed by atoms with Crippen molar-refractivity contribution in [2.24, 2.45) is 11.8 Å². The van der Waals surface area contributed by atoms with Gasteiger partial charge in [0.25, 0.3) is 5.91 Å². The molecule has 1 aliphatic carbocycles. The van der Waals surface area contributed by atoms with E-state index in [1.165, 1.54) is 0 Å². The molecule has 0 aromatic heterocycles. The quantitative estimate of drug-likeness (QED) is 0.411. The zero-order valence-electron chi connectivity index (χ0n) is 14.4. The second kappa shape index (κ2) is 8.27. The van der Waals surface area contributed by atoms with Gasteiger partial charge in [0, 0.05) is 6.54 Å². The molecule has 0 radical (unpaired) electrons. The molecule has 0 unspecified atom stereocenters. The Morgan fingerprint density at radius 1 is 1.04 bits per heavy atom. The lowest BCUT2D eigenvalue weighted by atomic mass is 9.81. The van der Waals surface area contributed by atoms with Gasteiger partial charge in [-0.1, -0.05) is 43.2 Å². The van der Waals surface area contributed by atoms with Crippen molar-refractivity contribution in [2.75, 3.05) is 6.54 Å². The van der Waals surface area contributed by atoms with E-state index >= 15 is 0 Å². The number of carbonyl (C=O) groups is 3. The van der Waals surface area contributed by atoms with Gasteiger partial charge in [0.2, 0.25) is 11.8 Å². The number of hydrogen-bond donors (Lipinski definition) is 3. The predicted molar refractivity (Wildman–Crippen MR) is 99.3 cm³/mol. The Labute approximate surface area is 157 Å². The highest BCUT2D eigenvalue weighted by Gasteiger charge is 2.48. The van der Waals surface area contributed by atoms with E-state index < -0.39 is 5.91 Å². The normalized spacial score (nSPS) is 21.9. The minimum absolute atomic E-state index is 0.223. The number of nitrogens with one attached hydrogen (secondary N) is 3. The number of thiocarbonyl (C=S) groups is 1. The predicted octanol–water partition coefficient (Wildman–Crippen LogP) is 0.857. The van der Waals surface area contributed by atoms with Gasteiger partial charge in [-0.2, -0.15) is 0 Å². The lowest BCUT2D eigenvalue weighted by Crippen LogP contribution is -2.50. The third-order valence-corrected chi connectivity index (χ3v) is 5.09. The van der Waals surface area contributed by atoms with Crippen molar-refractivity contribution in [3.8, 4) is 0 Å². The van der Waals surface area contributed by atoms with Gasteiger partial charge in [0.05, 0.1) is 11.8 Å². The van der Waals surface area contributed by atoms with Crippen LogP contribution in [-0.4, -0.2) is 34.3 Å². The van der Waals surface area contributed by atoms with Crippen molar-refractivity contribution >= 4 is 35.1 Å². The molecule has 1 saturated carbocycles. The number of hydrazine groups is 1. The van der Waals surface area contributed by atoms with Gasteiger partial charge in [-0.15, -0.1) is 0 Å². The molecule has 1 saturated heterocycles. The number of benzene rings is 1.